The predicted octanol–water partition coefficient (Wildman–Crippen LogP) is 1.40. The van der Waals surface area contributed by atoms with Crippen molar-refractivity contribution in [2.45, 2.75) is 51.5 Å². The molecule has 1 aliphatic heterocycles. The standard InChI is InChI=1S/C15H23N3O4S/c1-4-18-11(3)13(10(2)16-18)23(21,22)17-7-5-15(6-8-17)9-12(15)14(19)20/h12H,4-9H2,1-3H3,(H,19,20). The Morgan fingerprint density at radius 1 is 1.35 bits per heavy atom. The Kier molecular flexibility index (Phi) is 3.79. The first kappa shape index (κ1) is 16.4. The number of hydrogen-bond acceptors (Lipinski definition) is 4. The van der Waals surface area contributed by atoms with Crippen LogP contribution in [0.5, 0.6) is 0 Å². The highest BCUT2D eigenvalue weighted by Gasteiger charge is 2.59. The lowest BCUT2D eigenvalue weighted by Crippen LogP contribution is -2.40. The molecule has 1 N–H and O–H groups in total. The van der Waals surface area contributed by atoms with E-state index in [0.29, 0.717) is 55.2 Å². The van der Waals surface area contributed by atoms with Crippen LogP contribution in [-0.4, -0.2) is 46.7 Å². The maximum atomic E-state index is 13.0. The first-order valence-corrected chi connectivity index (χ1v) is 9.44. The van der Waals surface area contributed by atoms with Crippen LogP contribution in [0.3, 0.4) is 0 Å². The van der Waals surface area contributed by atoms with Gasteiger partial charge in [0.05, 0.1) is 17.3 Å². The third-order valence-corrected chi connectivity index (χ3v) is 7.57. The molecule has 8 heteroatoms. The fraction of sp³-hybridized carbons (Fsp3) is 0.733. The average Bonchev–Trinajstić information content (AvgIpc) is 3.09. The summed E-state index contributed by atoms with van der Waals surface area (Å²) in [7, 11) is -3.57. The van der Waals surface area contributed by atoms with E-state index in [9.17, 15) is 13.2 Å². The van der Waals surface area contributed by atoms with Gasteiger partial charge in [-0.25, -0.2) is 8.42 Å². The molecule has 1 spiro atoms. The minimum absolute atomic E-state index is 0.171. The summed E-state index contributed by atoms with van der Waals surface area (Å²) in [5.74, 6) is -1.05. The molecule has 3 rings (SSSR count). The summed E-state index contributed by atoms with van der Waals surface area (Å²) < 4.78 is 29.1. The van der Waals surface area contributed by atoms with E-state index < -0.39 is 16.0 Å². The highest BCUT2D eigenvalue weighted by Crippen LogP contribution is 2.59. The molecule has 2 heterocycles. The monoisotopic (exact) mass is 341 g/mol. The van der Waals surface area contributed by atoms with Crippen LogP contribution in [0.15, 0.2) is 4.90 Å². The molecule has 1 atom stereocenters. The van der Waals surface area contributed by atoms with Crippen LogP contribution < -0.4 is 0 Å². The largest absolute Gasteiger partial charge is 0.481 e. The van der Waals surface area contributed by atoms with Crippen LogP contribution in [0.1, 0.15) is 37.6 Å². The molecule has 1 aromatic rings. The van der Waals surface area contributed by atoms with E-state index in [1.807, 2.05) is 6.92 Å². The number of aryl methyl sites for hydroxylation is 2. The summed E-state index contributed by atoms with van der Waals surface area (Å²) in [5, 5.41) is 13.4. The fourth-order valence-electron chi connectivity index (χ4n) is 3.91. The molecule has 0 amide bonds. The predicted molar refractivity (Wildman–Crippen MR) is 83.5 cm³/mol. The van der Waals surface area contributed by atoms with Gasteiger partial charge in [0, 0.05) is 19.6 Å². The van der Waals surface area contributed by atoms with Crippen molar-refractivity contribution in [3.63, 3.8) is 0 Å². The number of rotatable bonds is 4. The third kappa shape index (κ3) is 2.48. The molecule has 1 aliphatic carbocycles. The van der Waals surface area contributed by atoms with Gasteiger partial charge in [0.25, 0.3) is 0 Å². The van der Waals surface area contributed by atoms with Crippen molar-refractivity contribution < 1.29 is 18.3 Å². The average molecular weight is 341 g/mol. The number of hydrogen-bond donors (Lipinski definition) is 1. The van der Waals surface area contributed by atoms with Gasteiger partial charge in [0.15, 0.2) is 0 Å². The number of aromatic nitrogens is 2. The van der Waals surface area contributed by atoms with Crippen molar-refractivity contribution >= 4 is 16.0 Å². The number of sulfonamides is 1. The van der Waals surface area contributed by atoms with E-state index in [4.69, 9.17) is 5.11 Å². The molecule has 1 saturated heterocycles. The van der Waals surface area contributed by atoms with E-state index in [-0.39, 0.29) is 11.3 Å². The fourth-order valence-corrected chi connectivity index (χ4v) is 5.73. The summed E-state index contributed by atoms with van der Waals surface area (Å²) in [4.78, 5) is 11.4. The van der Waals surface area contributed by atoms with Gasteiger partial charge in [-0.05, 0) is 45.4 Å². The first-order valence-electron chi connectivity index (χ1n) is 8.00. The van der Waals surface area contributed by atoms with Crippen LogP contribution in [0.2, 0.25) is 0 Å². The number of nitrogens with zero attached hydrogens (tertiary/aromatic N) is 3. The Morgan fingerprint density at radius 2 is 1.96 bits per heavy atom. The molecule has 1 aromatic heterocycles. The second-order valence-electron chi connectivity index (χ2n) is 6.68. The highest BCUT2D eigenvalue weighted by atomic mass is 32.2. The lowest BCUT2D eigenvalue weighted by molar-refractivity contribution is -0.139. The molecule has 2 aliphatic rings. The Hall–Kier alpha value is -1.41. The summed E-state index contributed by atoms with van der Waals surface area (Å²) in [6.45, 7) is 6.85. The molecule has 0 aromatic carbocycles. The molecule has 2 fully saturated rings. The Morgan fingerprint density at radius 3 is 2.39 bits per heavy atom. The first-order chi connectivity index (χ1) is 10.7. The number of carbonyl (C=O) groups is 1. The molecule has 1 saturated carbocycles. The van der Waals surface area contributed by atoms with E-state index >= 15 is 0 Å². The Balaban J connectivity index is 1.81. The molecule has 7 nitrogen and oxygen atoms in total. The van der Waals surface area contributed by atoms with E-state index in [1.165, 1.54) is 4.31 Å². The molecule has 23 heavy (non-hydrogen) atoms. The van der Waals surface area contributed by atoms with Gasteiger partial charge >= 0.3 is 5.97 Å². The van der Waals surface area contributed by atoms with Gasteiger partial charge < -0.3 is 5.11 Å². The maximum Gasteiger partial charge on any atom is 0.307 e. The minimum Gasteiger partial charge on any atom is -0.481 e. The molecule has 0 radical (unpaired) electrons. The summed E-state index contributed by atoms with van der Waals surface area (Å²) >= 11 is 0. The lowest BCUT2D eigenvalue weighted by Gasteiger charge is -2.31. The lowest BCUT2D eigenvalue weighted by atomic mass is 9.92. The zero-order valence-corrected chi connectivity index (χ0v) is 14.6. The minimum atomic E-state index is -3.57. The van der Waals surface area contributed by atoms with Gasteiger partial charge in [-0.15, -0.1) is 0 Å². The molecular formula is C15H23N3O4S. The maximum absolute atomic E-state index is 13.0. The quantitative estimate of drug-likeness (QED) is 0.893. The van der Waals surface area contributed by atoms with Gasteiger partial charge in [0.2, 0.25) is 10.0 Å². The number of carboxylic acids is 1. The molecule has 0 bridgehead atoms. The van der Waals surface area contributed by atoms with E-state index in [0.717, 1.165) is 0 Å². The van der Waals surface area contributed by atoms with E-state index in [1.54, 1.807) is 18.5 Å². The van der Waals surface area contributed by atoms with Gasteiger partial charge in [-0.1, -0.05) is 0 Å². The molecular weight excluding hydrogens is 318 g/mol. The third-order valence-electron chi connectivity index (χ3n) is 5.42. The van der Waals surface area contributed by atoms with Crippen LogP contribution >= 0.6 is 0 Å². The van der Waals surface area contributed by atoms with Crippen molar-refractivity contribution in [1.29, 1.82) is 0 Å². The second-order valence-corrected chi connectivity index (χ2v) is 8.55. The summed E-state index contributed by atoms with van der Waals surface area (Å²) in [5.41, 5.74) is 1.02. The highest BCUT2D eigenvalue weighted by molar-refractivity contribution is 7.89. The smallest absolute Gasteiger partial charge is 0.307 e. The summed E-state index contributed by atoms with van der Waals surface area (Å²) in [6, 6.07) is 0. The van der Waals surface area contributed by atoms with Crippen LogP contribution in [0.4, 0.5) is 0 Å². The second kappa shape index (κ2) is 5.31. The van der Waals surface area contributed by atoms with E-state index in [2.05, 4.69) is 5.10 Å². The van der Waals surface area contributed by atoms with Crippen molar-refractivity contribution in [1.82, 2.24) is 14.1 Å². The normalized spacial score (nSPS) is 24.0. The Labute approximate surface area is 136 Å². The number of carboxylic acid groups (broad SMARTS) is 1. The van der Waals surface area contributed by atoms with Crippen LogP contribution in [0.25, 0.3) is 0 Å². The van der Waals surface area contributed by atoms with Crippen LogP contribution in [-0.2, 0) is 21.4 Å². The van der Waals surface area contributed by atoms with Crippen molar-refractivity contribution in [2.24, 2.45) is 11.3 Å². The molecule has 128 valence electrons. The topological polar surface area (TPSA) is 92.5 Å². The zero-order valence-electron chi connectivity index (χ0n) is 13.7. The van der Waals surface area contributed by atoms with Crippen molar-refractivity contribution in [3.8, 4) is 0 Å². The van der Waals surface area contributed by atoms with Crippen LogP contribution in [0, 0.1) is 25.2 Å². The van der Waals surface area contributed by atoms with Gasteiger partial charge in [-0.2, -0.15) is 9.40 Å². The summed E-state index contributed by atoms with van der Waals surface area (Å²) in [6.07, 6.45) is 1.94. The Bertz CT molecular complexity index is 745. The van der Waals surface area contributed by atoms with Crippen molar-refractivity contribution in [2.75, 3.05) is 13.1 Å². The zero-order chi connectivity index (χ0) is 17.0. The van der Waals surface area contributed by atoms with Gasteiger partial charge in [0.1, 0.15) is 4.90 Å². The number of piperidine rings is 1. The van der Waals surface area contributed by atoms with Gasteiger partial charge in [-0.3, -0.25) is 9.48 Å². The number of aliphatic carboxylic acids is 1. The molecule has 1 unspecified atom stereocenters. The van der Waals surface area contributed by atoms with Crippen molar-refractivity contribution in [3.05, 3.63) is 11.4 Å². The SMILES string of the molecule is CCn1nc(C)c(S(=O)(=O)N2CCC3(CC2)CC3C(=O)O)c1C.